The molecular weight excluding hydrogens is 266 g/mol. The quantitative estimate of drug-likeness (QED) is 0.838. The number of anilines is 1. The lowest BCUT2D eigenvalue weighted by molar-refractivity contribution is 0.185. The van der Waals surface area contributed by atoms with Crippen molar-refractivity contribution in [1.29, 1.82) is 0 Å². The van der Waals surface area contributed by atoms with Gasteiger partial charge >= 0.3 is 0 Å². The molecule has 1 fully saturated rings. The summed E-state index contributed by atoms with van der Waals surface area (Å²) in [4.78, 5) is 6.87. The summed E-state index contributed by atoms with van der Waals surface area (Å²) in [6, 6.07) is 3.96. The van der Waals surface area contributed by atoms with Gasteiger partial charge in [0.1, 0.15) is 5.82 Å². The van der Waals surface area contributed by atoms with Gasteiger partial charge in [0, 0.05) is 51.3 Å². The van der Waals surface area contributed by atoms with E-state index in [2.05, 4.69) is 24.6 Å². The zero-order valence-electron chi connectivity index (χ0n) is 12.4. The molecule has 0 unspecified atom stereocenters. The van der Waals surface area contributed by atoms with Crippen LogP contribution in [-0.4, -0.2) is 46.6 Å². The van der Waals surface area contributed by atoms with Crippen LogP contribution in [0.2, 0.25) is 0 Å². The number of hydrogen-bond donors (Lipinski definition) is 0. The summed E-state index contributed by atoms with van der Waals surface area (Å²) in [7, 11) is 1.73. The third-order valence-electron chi connectivity index (χ3n) is 3.95. The Bertz CT molecular complexity index is 556. The molecule has 2 aromatic heterocycles. The second kappa shape index (κ2) is 6.67. The molecule has 0 spiro atoms. The number of methoxy groups -OCH3 is 1. The van der Waals surface area contributed by atoms with E-state index in [9.17, 15) is 0 Å². The zero-order valence-corrected chi connectivity index (χ0v) is 12.4. The van der Waals surface area contributed by atoms with Gasteiger partial charge in [-0.25, -0.2) is 4.98 Å². The van der Waals surface area contributed by atoms with Gasteiger partial charge in [-0.2, -0.15) is 5.10 Å². The van der Waals surface area contributed by atoms with Crippen molar-refractivity contribution in [2.45, 2.75) is 25.3 Å². The summed E-state index contributed by atoms with van der Waals surface area (Å²) in [5.74, 6) is 2.55. The van der Waals surface area contributed by atoms with E-state index in [0.29, 0.717) is 12.5 Å². The van der Waals surface area contributed by atoms with Gasteiger partial charge in [-0.1, -0.05) is 0 Å². The van der Waals surface area contributed by atoms with E-state index < -0.39 is 0 Å². The van der Waals surface area contributed by atoms with Gasteiger partial charge in [0.2, 0.25) is 0 Å². The second-order valence-electron chi connectivity index (χ2n) is 5.34. The highest BCUT2D eigenvalue weighted by Gasteiger charge is 2.25. The van der Waals surface area contributed by atoms with Crippen LogP contribution in [0.3, 0.4) is 0 Å². The molecule has 21 heavy (non-hydrogen) atoms. The molecule has 0 aromatic carbocycles. The van der Waals surface area contributed by atoms with Crippen molar-refractivity contribution in [2.24, 2.45) is 0 Å². The summed E-state index contributed by atoms with van der Waals surface area (Å²) < 4.78 is 7.37. The number of ether oxygens (including phenoxy) is 1. The van der Waals surface area contributed by atoms with Crippen molar-refractivity contribution in [3.63, 3.8) is 0 Å². The molecule has 0 amide bonds. The third-order valence-corrected chi connectivity index (χ3v) is 3.95. The van der Waals surface area contributed by atoms with E-state index in [-0.39, 0.29) is 0 Å². The van der Waals surface area contributed by atoms with E-state index in [1.165, 1.54) is 6.42 Å². The van der Waals surface area contributed by atoms with Gasteiger partial charge in [-0.05, 0) is 25.0 Å². The van der Waals surface area contributed by atoms with Crippen LogP contribution >= 0.6 is 0 Å². The highest BCUT2D eigenvalue weighted by Crippen LogP contribution is 2.28. The first kappa shape index (κ1) is 14.0. The Balaban J connectivity index is 1.73. The van der Waals surface area contributed by atoms with Crippen molar-refractivity contribution in [2.75, 3.05) is 31.7 Å². The average molecular weight is 287 g/mol. The van der Waals surface area contributed by atoms with Crippen molar-refractivity contribution in [3.8, 4) is 0 Å². The van der Waals surface area contributed by atoms with Crippen LogP contribution < -0.4 is 4.90 Å². The maximum Gasteiger partial charge on any atom is 0.151 e. The molecule has 1 aliphatic rings. The Kier molecular flexibility index (Phi) is 4.45. The van der Waals surface area contributed by atoms with Crippen LogP contribution in [0.4, 0.5) is 5.82 Å². The molecule has 3 rings (SSSR count). The average Bonchev–Trinajstić information content (AvgIpc) is 3.02. The normalized spacial score (nSPS) is 18.9. The van der Waals surface area contributed by atoms with Crippen molar-refractivity contribution in [3.05, 3.63) is 36.5 Å². The van der Waals surface area contributed by atoms with Crippen molar-refractivity contribution in [1.82, 2.24) is 19.7 Å². The minimum atomic E-state index is 0.438. The largest absolute Gasteiger partial charge is 0.383 e. The Morgan fingerprint density at radius 2 is 2.33 bits per heavy atom. The Morgan fingerprint density at radius 1 is 1.38 bits per heavy atom. The lowest BCUT2D eigenvalue weighted by Gasteiger charge is -2.33. The second-order valence-corrected chi connectivity index (χ2v) is 5.34. The van der Waals surface area contributed by atoms with Crippen LogP contribution in [0.1, 0.15) is 24.6 Å². The number of hydrogen-bond acceptors (Lipinski definition) is 5. The summed E-state index contributed by atoms with van der Waals surface area (Å²) in [5.41, 5.74) is 0. The molecule has 6 nitrogen and oxygen atoms in total. The Hall–Kier alpha value is -1.95. The van der Waals surface area contributed by atoms with Crippen LogP contribution in [0.15, 0.2) is 30.7 Å². The fourth-order valence-corrected chi connectivity index (χ4v) is 2.92. The molecule has 6 heteroatoms. The van der Waals surface area contributed by atoms with E-state index in [4.69, 9.17) is 4.74 Å². The maximum atomic E-state index is 5.17. The number of imidazole rings is 1. The van der Waals surface area contributed by atoms with E-state index in [0.717, 1.165) is 37.7 Å². The Morgan fingerprint density at radius 3 is 3.14 bits per heavy atom. The minimum Gasteiger partial charge on any atom is -0.383 e. The first-order valence-electron chi connectivity index (χ1n) is 7.41. The summed E-state index contributed by atoms with van der Waals surface area (Å²) >= 11 is 0. The fraction of sp³-hybridized carbons (Fsp3) is 0.533. The Labute approximate surface area is 124 Å². The lowest BCUT2D eigenvalue weighted by atomic mass is 9.97. The van der Waals surface area contributed by atoms with Crippen LogP contribution in [0.5, 0.6) is 0 Å². The molecule has 0 saturated carbocycles. The molecule has 112 valence electrons. The lowest BCUT2D eigenvalue weighted by Crippen LogP contribution is -2.36. The summed E-state index contributed by atoms with van der Waals surface area (Å²) in [5, 5.41) is 8.20. The van der Waals surface area contributed by atoms with E-state index in [1.807, 2.05) is 24.5 Å². The third kappa shape index (κ3) is 3.21. The first-order chi connectivity index (χ1) is 10.4. The van der Waals surface area contributed by atoms with Gasteiger partial charge in [0.05, 0.1) is 6.61 Å². The van der Waals surface area contributed by atoms with Gasteiger partial charge in [0.25, 0.3) is 0 Å². The van der Waals surface area contributed by atoms with Gasteiger partial charge < -0.3 is 14.2 Å². The van der Waals surface area contributed by atoms with Crippen molar-refractivity contribution >= 4 is 5.82 Å². The molecule has 0 bridgehead atoms. The molecule has 0 N–H and O–H groups in total. The number of aromatic nitrogens is 4. The standard InChI is InChI=1S/C15H21N5O/c1-21-11-10-19-9-7-16-15(19)13-4-3-8-20(12-13)14-5-2-6-17-18-14/h2,5-7,9,13H,3-4,8,10-12H2,1H3/t13-/m1/s1. The topological polar surface area (TPSA) is 56.1 Å². The molecule has 3 heterocycles. The predicted molar refractivity (Wildman–Crippen MR) is 80.3 cm³/mol. The number of nitrogens with zero attached hydrogens (tertiary/aromatic N) is 5. The smallest absolute Gasteiger partial charge is 0.151 e. The molecule has 0 radical (unpaired) electrons. The van der Waals surface area contributed by atoms with Crippen molar-refractivity contribution < 1.29 is 4.74 Å². The van der Waals surface area contributed by atoms with Crippen LogP contribution in [0, 0.1) is 0 Å². The highest BCUT2D eigenvalue weighted by molar-refractivity contribution is 5.37. The molecule has 1 saturated heterocycles. The minimum absolute atomic E-state index is 0.438. The van der Waals surface area contributed by atoms with Crippen LogP contribution in [-0.2, 0) is 11.3 Å². The zero-order chi connectivity index (χ0) is 14.5. The maximum absolute atomic E-state index is 5.17. The highest BCUT2D eigenvalue weighted by atomic mass is 16.5. The molecular formula is C15H21N5O. The van der Waals surface area contributed by atoms with Gasteiger partial charge in [0.15, 0.2) is 5.82 Å². The first-order valence-corrected chi connectivity index (χ1v) is 7.41. The number of rotatable bonds is 5. The molecule has 0 aliphatic carbocycles. The summed E-state index contributed by atoms with van der Waals surface area (Å²) in [6.45, 7) is 3.55. The van der Waals surface area contributed by atoms with Gasteiger partial charge in [-0.3, -0.25) is 0 Å². The fourth-order valence-electron chi connectivity index (χ4n) is 2.92. The van der Waals surface area contributed by atoms with Crippen LogP contribution in [0.25, 0.3) is 0 Å². The van der Waals surface area contributed by atoms with E-state index in [1.54, 1.807) is 13.3 Å². The van der Waals surface area contributed by atoms with Gasteiger partial charge in [-0.15, -0.1) is 5.10 Å². The molecule has 1 atom stereocenters. The molecule has 1 aliphatic heterocycles. The number of piperidine rings is 1. The molecule has 2 aromatic rings. The summed E-state index contributed by atoms with van der Waals surface area (Å²) in [6.07, 6.45) is 7.95. The predicted octanol–water partition coefficient (Wildman–Crippen LogP) is 1.70. The monoisotopic (exact) mass is 287 g/mol. The van der Waals surface area contributed by atoms with E-state index >= 15 is 0 Å². The SMILES string of the molecule is COCCn1ccnc1[C@@H]1CCCN(c2cccnn2)C1.